The third-order valence-electron chi connectivity index (χ3n) is 13.3. The molecule has 2 aromatic rings. The van der Waals surface area contributed by atoms with Crippen molar-refractivity contribution >= 4 is 0 Å². The molecule has 5 heteroatoms. The highest BCUT2D eigenvalue weighted by Crippen LogP contribution is 2.29. The Bertz CT molecular complexity index is 1200. The van der Waals surface area contributed by atoms with Crippen LogP contribution in [0.2, 0.25) is 0 Å². The van der Waals surface area contributed by atoms with Crippen molar-refractivity contribution in [3.05, 3.63) is 46.0 Å². The first-order valence-electron chi connectivity index (χ1n) is 25.5. The summed E-state index contributed by atoms with van der Waals surface area (Å²) in [6.07, 6.45) is 47.8. The smallest absolute Gasteiger partial charge is 0.128 e. The number of methoxy groups -OCH3 is 2. The summed E-state index contributed by atoms with van der Waals surface area (Å²) in [5.41, 5.74) is 7.08. The average Bonchev–Trinajstić information content (AvgIpc) is 3.23. The molecule has 0 bridgehead atoms. The molecule has 0 radical (unpaired) electrons. The summed E-state index contributed by atoms with van der Waals surface area (Å²) < 4.78 is 11.6. The standard InChI is InChI=1S/C54H97N3O2/c1-9-11-13-15-17-19-21-23-25-27-29-31-33-35-37-49(39-51-47(5)53(58-7)45(3)41-56-51)43-55-44-50(40-52-48(6)54(59-8)46(4)42-57-52)38-36-34-32-30-28-26-24-22-20-18-16-14-12-10-2/h41-42,49-50,55H,9-40,43-44H2,1-8H3. The number of hydrogen-bond acceptors (Lipinski definition) is 5. The van der Waals surface area contributed by atoms with Gasteiger partial charge in [-0.1, -0.05) is 194 Å². The van der Waals surface area contributed by atoms with E-state index in [2.05, 4.69) is 46.9 Å². The van der Waals surface area contributed by atoms with Crippen molar-refractivity contribution in [2.45, 2.75) is 247 Å². The first-order valence-corrected chi connectivity index (χ1v) is 25.5. The van der Waals surface area contributed by atoms with Crippen LogP contribution in [0.5, 0.6) is 11.5 Å². The maximum atomic E-state index is 5.82. The molecule has 0 aromatic carbocycles. The van der Waals surface area contributed by atoms with Crippen LogP contribution in [-0.2, 0) is 12.8 Å². The molecule has 59 heavy (non-hydrogen) atoms. The molecule has 0 spiro atoms. The topological polar surface area (TPSA) is 56.3 Å². The molecule has 2 atom stereocenters. The summed E-state index contributed by atoms with van der Waals surface area (Å²) in [5.74, 6) is 3.13. The van der Waals surface area contributed by atoms with E-state index in [1.165, 1.54) is 215 Å². The van der Waals surface area contributed by atoms with Crippen LogP contribution in [0.15, 0.2) is 12.4 Å². The minimum absolute atomic E-state index is 0.562. The maximum absolute atomic E-state index is 5.82. The first-order chi connectivity index (χ1) is 28.9. The first kappa shape index (κ1) is 53.0. The van der Waals surface area contributed by atoms with Crippen molar-refractivity contribution in [2.24, 2.45) is 11.8 Å². The predicted molar refractivity (Wildman–Crippen MR) is 258 cm³/mol. The lowest BCUT2D eigenvalue weighted by Gasteiger charge is -2.23. The Morgan fingerprint density at radius 2 is 0.695 bits per heavy atom. The zero-order valence-electron chi connectivity index (χ0n) is 40.6. The summed E-state index contributed by atoms with van der Waals surface area (Å²) in [5, 5.41) is 4.03. The van der Waals surface area contributed by atoms with E-state index in [0.29, 0.717) is 11.8 Å². The van der Waals surface area contributed by atoms with Gasteiger partial charge >= 0.3 is 0 Å². The van der Waals surface area contributed by atoms with E-state index in [4.69, 9.17) is 19.4 Å². The van der Waals surface area contributed by atoms with Gasteiger partial charge in [0.1, 0.15) is 11.5 Å². The normalized spacial score (nSPS) is 12.6. The molecular formula is C54H97N3O2. The van der Waals surface area contributed by atoms with E-state index in [0.717, 1.165) is 48.6 Å². The van der Waals surface area contributed by atoms with Gasteiger partial charge in [0.2, 0.25) is 0 Å². The summed E-state index contributed by atoms with van der Waals surface area (Å²) in [4.78, 5) is 9.90. The molecule has 2 rings (SSSR count). The second kappa shape index (κ2) is 35.5. The Hall–Kier alpha value is -2.14. The Morgan fingerprint density at radius 1 is 0.424 bits per heavy atom. The number of pyridine rings is 2. The van der Waals surface area contributed by atoms with Crippen LogP contribution in [0.4, 0.5) is 0 Å². The summed E-state index contributed by atoms with van der Waals surface area (Å²) >= 11 is 0. The zero-order chi connectivity index (χ0) is 42.8. The monoisotopic (exact) mass is 820 g/mol. The van der Waals surface area contributed by atoms with Crippen LogP contribution in [0, 0.1) is 39.5 Å². The van der Waals surface area contributed by atoms with Gasteiger partial charge in [-0.15, -0.1) is 0 Å². The summed E-state index contributed by atoms with van der Waals surface area (Å²) in [7, 11) is 3.59. The van der Waals surface area contributed by atoms with Gasteiger partial charge in [-0.05, 0) is 78.3 Å². The second-order valence-electron chi connectivity index (χ2n) is 18.7. The van der Waals surface area contributed by atoms with Gasteiger partial charge in [0.25, 0.3) is 0 Å². The van der Waals surface area contributed by atoms with E-state index in [-0.39, 0.29) is 0 Å². The number of aromatic nitrogens is 2. The highest BCUT2D eigenvalue weighted by Gasteiger charge is 2.19. The maximum Gasteiger partial charge on any atom is 0.128 e. The summed E-state index contributed by atoms with van der Waals surface area (Å²) in [6.45, 7) is 15.3. The number of nitrogens with zero attached hydrogens (tertiary/aromatic N) is 2. The fraction of sp³-hybridized carbons (Fsp3) is 0.815. The van der Waals surface area contributed by atoms with Crippen molar-refractivity contribution in [3.63, 3.8) is 0 Å². The zero-order valence-corrected chi connectivity index (χ0v) is 40.6. The minimum atomic E-state index is 0.562. The van der Waals surface area contributed by atoms with E-state index in [9.17, 15) is 0 Å². The Balaban J connectivity index is 1.89. The molecule has 2 unspecified atom stereocenters. The number of hydrogen-bond donors (Lipinski definition) is 1. The second-order valence-corrected chi connectivity index (χ2v) is 18.7. The quantitative estimate of drug-likeness (QED) is 0.0679. The molecule has 2 aromatic heterocycles. The number of aryl methyl sites for hydroxylation is 2. The van der Waals surface area contributed by atoms with Gasteiger partial charge in [-0.2, -0.15) is 0 Å². The van der Waals surface area contributed by atoms with Crippen LogP contribution >= 0.6 is 0 Å². The molecule has 0 aliphatic carbocycles. The van der Waals surface area contributed by atoms with E-state index >= 15 is 0 Å². The lowest BCUT2D eigenvalue weighted by atomic mass is 9.91. The van der Waals surface area contributed by atoms with Crippen molar-refractivity contribution in [3.8, 4) is 11.5 Å². The molecule has 1 N–H and O–H groups in total. The van der Waals surface area contributed by atoms with E-state index in [1.54, 1.807) is 14.2 Å². The van der Waals surface area contributed by atoms with Crippen molar-refractivity contribution in [1.29, 1.82) is 0 Å². The average molecular weight is 820 g/mol. The molecule has 0 saturated heterocycles. The minimum Gasteiger partial charge on any atom is -0.496 e. The van der Waals surface area contributed by atoms with Crippen LogP contribution in [-0.4, -0.2) is 37.3 Å². The number of ether oxygens (including phenoxy) is 2. The van der Waals surface area contributed by atoms with E-state index in [1.807, 2.05) is 12.4 Å². The van der Waals surface area contributed by atoms with Crippen LogP contribution in [0.25, 0.3) is 0 Å². The number of nitrogens with one attached hydrogen (secondary N) is 1. The van der Waals surface area contributed by atoms with E-state index < -0.39 is 0 Å². The SMILES string of the molecule is CCCCCCCCCCCCCCCCC(CNCC(CCCCCCCCCCCCCCCC)Cc1ncc(C)c(OC)c1C)Cc1ncc(C)c(OC)c1C. The van der Waals surface area contributed by atoms with Crippen LogP contribution in [0.3, 0.4) is 0 Å². The molecule has 0 amide bonds. The molecule has 0 saturated carbocycles. The molecule has 5 nitrogen and oxygen atoms in total. The lowest BCUT2D eigenvalue weighted by Crippen LogP contribution is -2.31. The fourth-order valence-corrected chi connectivity index (χ4v) is 9.40. The van der Waals surface area contributed by atoms with Crippen molar-refractivity contribution in [2.75, 3.05) is 27.3 Å². The molecule has 0 aliphatic rings. The van der Waals surface area contributed by atoms with Gasteiger partial charge in [0, 0.05) is 46.0 Å². The van der Waals surface area contributed by atoms with Gasteiger partial charge < -0.3 is 14.8 Å². The third-order valence-corrected chi connectivity index (χ3v) is 13.3. The van der Waals surface area contributed by atoms with Gasteiger partial charge in [-0.25, -0.2) is 0 Å². The lowest BCUT2D eigenvalue weighted by molar-refractivity contribution is 0.367. The number of unbranched alkanes of at least 4 members (excludes halogenated alkanes) is 26. The fourth-order valence-electron chi connectivity index (χ4n) is 9.40. The molecule has 0 fully saturated rings. The largest absolute Gasteiger partial charge is 0.496 e. The molecule has 340 valence electrons. The van der Waals surface area contributed by atoms with Crippen LogP contribution in [0.1, 0.15) is 240 Å². The third kappa shape index (κ3) is 24.2. The molecule has 0 aliphatic heterocycles. The van der Waals surface area contributed by atoms with Crippen molar-refractivity contribution < 1.29 is 9.47 Å². The van der Waals surface area contributed by atoms with Gasteiger partial charge in [-0.3, -0.25) is 9.97 Å². The molecular weight excluding hydrogens is 723 g/mol. The number of rotatable bonds is 40. The highest BCUT2D eigenvalue weighted by atomic mass is 16.5. The Kier molecular flexibility index (Phi) is 31.8. The van der Waals surface area contributed by atoms with Gasteiger partial charge in [0.15, 0.2) is 0 Å². The summed E-state index contributed by atoms with van der Waals surface area (Å²) in [6, 6.07) is 0. The van der Waals surface area contributed by atoms with Crippen LogP contribution < -0.4 is 14.8 Å². The Morgan fingerprint density at radius 3 is 0.966 bits per heavy atom. The highest BCUT2D eigenvalue weighted by molar-refractivity contribution is 5.42. The predicted octanol–water partition coefficient (Wildman–Crippen LogP) is 16.1. The Labute approximate surface area is 367 Å². The van der Waals surface area contributed by atoms with Crippen molar-refractivity contribution in [1.82, 2.24) is 15.3 Å². The molecule has 2 heterocycles. The van der Waals surface area contributed by atoms with Gasteiger partial charge in [0.05, 0.1) is 14.2 Å².